The summed E-state index contributed by atoms with van der Waals surface area (Å²) in [6.45, 7) is 5.29. The Bertz CT molecular complexity index is 251. The minimum Gasteiger partial charge on any atom is -0.393 e. The van der Waals surface area contributed by atoms with Gasteiger partial charge in [0.05, 0.1) is 6.10 Å². The molecule has 0 aromatic heterocycles. The van der Waals surface area contributed by atoms with Gasteiger partial charge in [-0.1, -0.05) is 19.1 Å². The summed E-state index contributed by atoms with van der Waals surface area (Å²) < 4.78 is 0. The number of rotatable bonds is 6. The molecule has 2 rings (SSSR count). The monoisotopic (exact) mass is 223 g/mol. The van der Waals surface area contributed by atoms with Crippen LogP contribution < -0.4 is 5.32 Å². The van der Waals surface area contributed by atoms with Gasteiger partial charge in [-0.25, -0.2) is 0 Å². The van der Waals surface area contributed by atoms with Gasteiger partial charge in [0, 0.05) is 6.04 Å². The first kappa shape index (κ1) is 12.1. The highest BCUT2D eigenvalue weighted by atomic mass is 16.3. The van der Waals surface area contributed by atoms with Gasteiger partial charge in [0.25, 0.3) is 0 Å². The second-order valence-corrected chi connectivity index (χ2v) is 5.54. The van der Waals surface area contributed by atoms with Crippen molar-refractivity contribution in [1.29, 1.82) is 0 Å². The van der Waals surface area contributed by atoms with E-state index in [9.17, 15) is 5.11 Å². The van der Waals surface area contributed by atoms with Crippen LogP contribution in [-0.4, -0.2) is 23.8 Å². The largest absolute Gasteiger partial charge is 0.393 e. The third kappa shape index (κ3) is 2.67. The Morgan fingerprint density at radius 1 is 1.38 bits per heavy atom. The minimum absolute atomic E-state index is 0.125. The number of nitrogens with one attached hydrogen (secondary N) is 1. The molecule has 2 bridgehead atoms. The maximum absolute atomic E-state index is 9.49. The Labute approximate surface area is 99.1 Å². The zero-order valence-electron chi connectivity index (χ0n) is 10.5. The lowest BCUT2D eigenvalue weighted by Gasteiger charge is -2.26. The average molecular weight is 223 g/mol. The molecule has 0 radical (unpaired) electrons. The lowest BCUT2D eigenvalue weighted by molar-refractivity contribution is 0.156. The van der Waals surface area contributed by atoms with Crippen molar-refractivity contribution < 1.29 is 5.11 Å². The van der Waals surface area contributed by atoms with Crippen molar-refractivity contribution in [1.82, 2.24) is 5.32 Å². The van der Waals surface area contributed by atoms with Crippen LogP contribution in [0.5, 0.6) is 0 Å². The van der Waals surface area contributed by atoms with Crippen molar-refractivity contribution in [3.8, 4) is 0 Å². The lowest BCUT2D eigenvalue weighted by Crippen LogP contribution is -2.37. The molecule has 5 atom stereocenters. The summed E-state index contributed by atoms with van der Waals surface area (Å²) in [7, 11) is 0. The number of hydrogen-bond donors (Lipinski definition) is 2. The summed E-state index contributed by atoms with van der Waals surface area (Å²) in [5, 5.41) is 13.1. The summed E-state index contributed by atoms with van der Waals surface area (Å²) in [6, 6.07) is 0.601. The molecule has 0 amide bonds. The van der Waals surface area contributed by atoms with E-state index < -0.39 is 0 Å². The van der Waals surface area contributed by atoms with Crippen molar-refractivity contribution in [2.75, 3.05) is 6.54 Å². The summed E-state index contributed by atoms with van der Waals surface area (Å²) in [5.74, 6) is 2.51. The van der Waals surface area contributed by atoms with Crippen molar-refractivity contribution in [3.05, 3.63) is 12.2 Å². The molecule has 0 aliphatic heterocycles. The quantitative estimate of drug-likeness (QED) is 0.677. The average Bonchev–Trinajstić information content (AvgIpc) is 2.90. The Kier molecular flexibility index (Phi) is 4.04. The molecule has 2 aliphatic carbocycles. The van der Waals surface area contributed by atoms with Gasteiger partial charge in [-0.2, -0.15) is 0 Å². The smallest absolute Gasteiger partial charge is 0.0549 e. The number of aliphatic hydroxyl groups is 1. The van der Waals surface area contributed by atoms with Gasteiger partial charge in [0.2, 0.25) is 0 Å². The topological polar surface area (TPSA) is 32.3 Å². The first-order valence-electron chi connectivity index (χ1n) is 6.80. The van der Waals surface area contributed by atoms with Crippen LogP contribution in [0.4, 0.5) is 0 Å². The molecule has 0 aromatic carbocycles. The minimum atomic E-state index is -0.125. The van der Waals surface area contributed by atoms with Crippen LogP contribution in [0.2, 0.25) is 0 Å². The van der Waals surface area contributed by atoms with Crippen LogP contribution in [0.3, 0.4) is 0 Å². The Hall–Kier alpha value is -0.340. The number of hydrogen-bond acceptors (Lipinski definition) is 2. The zero-order valence-corrected chi connectivity index (χ0v) is 10.5. The first-order valence-corrected chi connectivity index (χ1v) is 6.80. The molecule has 2 N–H and O–H groups in total. The fourth-order valence-corrected chi connectivity index (χ4v) is 3.23. The van der Waals surface area contributed by atoms with Gasteiger partial charge in [-0.15, -0.1) is 0 Å². The predicted molar refractivity (Wildman–Crippen MR) is 67.2 cm³/mol. The second-order valence-electron chi connectivity index (χ2n) is 5.54. The maximum atomic E-state index is 9.49. The standard InChI is InChI=1S/C14H25NO/c1-3-13(16)6-7-15-10(2)14-9-11-4-5-12(14)8-11/h4-5,10-16H,3,6-9H2,1-2H3. The molecule has 5 unspecified atom stereocenters. The van der Waals surface area contributed by atoms with Crippen LogP contribution >= 0.6 is 0 Å². The molecule has 1 fully saturated rings. The number of fused-ring (bicyclic) bond motifs is 2. The van der Waals surface area contributed by atoms with E-state index in [1.165, 1.54) is 12.8 Å². The van der Waals surface area contributed by atoms with E-state index in [-0.39, 0.29) is 6.10 Å². The van der Waals surface area contributed by atoms with E-state index in [4.69, 9.17) is 0 Å². The Morgan fingerprint density at radius 2 is 2.19 bits per heavy atom. The van der Waals surface area contributed by atoms with Crippen LogP contribution in [0.1, 0.15) is 39.5 Å². The maximum Gasteiger partial charge on any atom is 0.0549 e. The number of allylic oxidation sites excluding steroid dienone is 2. The molecular formula is C14H25NO. The molecular weight excluding hydrogens is 198 g/mol. The summed E-state index contributed by atoms with van der Waals surface area (Å²) in [6.07, 6.45) is 9.19. The van der Waals surface area contributed by atoms with Crippen molar-refractivity contribution in [2.45, 2.75) is 51.7 Å². The third-order valence-electron chi connectivity index (χ3n) is 4.39. The highest BCUT2D eigenvalue weighted by molar-refractivity contribution is 5.11. The first-order chi connectivity index (χ1) is 7.70. The van der Waals surface area contributed by atoms with Gasteiger partial charge < -0.3 is 10.4 Å². The van der Waals surface area contributed by atoms with Gasteiger partial charge in [0.1, 0.15) is 0 Å². The Balaban J connectivity index is 1.68. The van der Waals surface area contributed by atoms with E-state index in [1.54, 1.807) is 0 Å². The highest BCUT2D eigenvalue weighted by Gasteiger charge is 2.38. The molecule has 0 saturated heterocycles. The molecule has 2 aliphatic rings. The fraction of sp³-hybridized carbons (Fsp3) is 0.857. The van der Waals surface area contributed by atoms with Gasteiger partial charge in [-0.05, 0) is 56.9 Å². The fourth-order valence-electron chi connectivity index (χ4n) is 3.23. The van der Waals surface area contributed by atoms with Crippen LogP contribution in [-0.2, 0) is 0 Å². The normalized spacial score (nSPS) is 35.6. The zero-order chi connectivity index (χ0) is 11.5. The summed E-state index contributed by atoms with van der Waals surface area (Å²) >= 11 is 0. The van der Waals surface area contributed by atoms with Crippen molar-refractivity contribution in [3.63, 3.8) is 0 Å². The summed E-state index contributed by atoms with van der Waals surface area (Å²) in [4.78, 5) is 0. The highest BCUT2D eigenvalue weighted by Crippen LogP contribution is 2.44. The van der Waals surface area contributed by atoms with Crippen LogP contribution in [0, 0.1) is 17.8 Å². The van der Waals surface area contributed by atoms with Gasteiger partial charge in [0.15, 0.2) is 0 Å². The van der Waals surface area contributed by atoms with Crippen molar-refractivity contribution in [2.24, 2.45) is 17.8 Å². The third-order valence-corrected chi connectivity index (χ3v) is 4.39. The number of aliphatic hydroxyl groups excluding tert-OH is 1. The predicted octanol–water partition coefficient (Wildman–Crippen LogP) is 2.34. The van der Waals surface area contributed by atoms with E-state index in [0.29, 0.717) is 6.04 Å². The Morgan fingerprint density at radius 3 is 2.75 bits per heavy atom. The second kappa shape index (κ2) is 5.33. The summed E-state index contributed by atoms with van der Waals surface area (Å²) in [5.41, 5.74) is 0. The van der Waals surface area contributed by atoms with E-state index in [2.05, 4.69) is 24.4 Å². The van der Waals surface area contributed by atoms with E-state index >= 15 is 0 Å². The lowest BCUT2D eigenvalue weighted by atomic mass is 9.87. The molecule has 0 heterocycles. The molecule has 2 heteroatoms. The van der Waals surface area contributed by atoms with Gasteiger partial charge in [-0.3, -0.25) is 0 Å². The molecule has 2 nitrogen and oxygen atoms in total. The molecule has 16 heavy (non-hydrogen) atoms. The molecule has 0 aromatic rings. The molecule has 1 saturated carbocycles. The van der Waals surface area contributed by atoms with Crippen LogP contribution in [0.25, 0.3) is 0 Å². The van der Waals surface area contributed by atoms with E-state index in [1.807, 2.05) is 6.92 Å². The SMILES string of the molecule is CCC(O)CCNC(C)C1CC2C=CC1C2. The van der Waals surface area contributed by atoms with Crippen LogP contribution in [0.15, 0.2) is 12.2 Å². The van der Waals surface area contributed by atoms with E-state index in [0.717, 1.165) is 37.1 Å². The van der Waals surface area contributed by atoms with Crippen molar-refractivity contribution >= 4 is 0 Å². The molecule has 92 valence electrons. The molecule has 0 spiro atoms. The van der Waals surface area contributed by atoms with Gasteiger partial charge >= 0.3 is 0 Å².